The zero-order chi connectivity index (χ0) is 15.4. The first-order valence-corrected chi connectivity index (χ1v) is 7.09. The van der Waals surface area contributed by atoms with E-state index in [1.54, 1.807) is 14.2 Å². The molecule has 0 spiro atoms. The molecule has 2 aromatic carbocycles. The lowest BCUT2D eigenvalue weighted by atomic mass is 9.93. The van der Waals surface area contributed by atoms with Crippen molar-refractivity contribution in [1.29, 1.82) is 0 Å². The van der Waals surface area contributed by atoms with Crippen molar-refractivity contribution < 1.29 is 9.47 Å². The zero-order valence-corrected chi connectivity index (χ0v) is 13.1. The summed E-state index contributed by atoms with van der Waals surface area (Å²) in [6.45, 7) is 4.25. The van der Waals surface area contributed by atoms with Crippen molar-refractivity contribution in [2.24, 2.45) is 5.73 Å². The standard InChI is InChI=1S/C18H23NO2/c1-12-6-5-7-13(2)16(12)11-17(19)15-9-8-14(20-3)10-18(15)21-4/h5-10,17H,11,19H2,1-4H3. The molecule has 21 heavy (non-hydrogen) atoms. The van der Waals surface area contributed by atoms with E-state index < -0.39 is 0 Å². The van der Waals surface area contributed by atoms with Gasteiger partial charge in [-0.25, -0.2) is 0 Å². The molecule has 0 aromatic heterocycles. The third kappa shape index (κ3) is 3.37. The van der Waals surface area contributed by atoms with E-state index in [4.69, 9.17) is 15.2 Å². The highest BCUT2D eigenvalue weighted by molar-refractivity contribution is 5.44. The molecule has 0 aliphatic rings. The molecule has 1 unspecified atom stereocenters. The molecule has 0 radical (unpaired) electrons. The SMILES string of the molecule is COc1ccc(C(N)Cc2c(C)cccc2C)c(OC)c1. The summed E-state index contributed by atoms with van der Waals surface area (Å²) < 4.78 is 10.7. The fraction of sp³-hybridized carbons (Fsp3) is 0.333. The highest BCUT2D eigenvalue weighted by atomic mass is 16.5. The van der Waals surface area contributed by atoms with E-state index in [0.29, 0.717) is 0 Å². The summed E-state index contributed by atoms with van der Waals surface area (Å²) in [5.74, 6) is 1.54. The van der Waals surface area contributed by atoms with Crippen molar-refractivity contribution >= 4 is 0 Å². The molecule has 2 aromatic rings. The summed E-state index contributed by atoms with van der Waals surface area (Å²) in [5, 5.41) is 0. The summed E-state index contributed by atoms with van der Waals surface area (Å²) >= 11 is 0. The van der Waals surface area contributed by atoms with Crippen LogP contribution in [0.25, 0.3) is 0 Å². The van der Waals surface area contributed by atoms with Crippen LogP contribution in [0.2, 0.25) is 0 Å². The van der Waals surface area contributed by atoms with E-state index in [9.17, 15) is 0 Å². The lowest BCUT2D eigenvalue weighted by Crippen LogP contribution is -2.16. The van der Waals surface area contributed by atoms with Gasteiger partial charge in [0.1, 0.15) is 11.5 Å². The van der Waals surface area contributed by atoms with Gasteiger partial charge in [-0.05, 0) is 43.0 Å². The topological polar surface area (TPSA) is 44.5 Å². The minimum atomic E-state index is -0.106. The fourth-order valence-corrected chi connectivity index (χ4v) is 2.63. The van der Waals surface area contributed by atoms with Gasteiger partial charge in [0.25, 0.3) is 0 Å². The van der Waals surface area contributed by atoms with E-state index in [1.807, 2.05) is 18.2 Å². The van der Waals surface area contributed by atoms with Gasteiger partial charge in [0.2, 0.25) is 0 Å². The van der Waals surface area contributed by atoms with Crippen LogP contribution in [0.3, 0.4) is 0 Å². The van der Waals surface area contributed by atoms with Crippen LogP contribution < -0.4 is 15.2 Å². The molecule has 0 amide bonds. The van der Waals surface area contributed by atoms with E-state index in [2.05, 4.69) is 32.0 Å². The van der Waals surface area contributed by atoms with Gasteiger partial charge in [0.05, 0.1) is 14.2 Å². The van der Waals surface area contributed by atoms with Crippen LogP contribution in [0, 0.1) is 13.8 Å². The molecule has 3 nitrogen and oxygen atoms in total. The van der Waals surface area contributed by atoms with Crippen molar-refractivity contribution in [2.45, 2.75) is 26.3 Å². The summed E-state index contributed by atoms with van der Waals surface area (Å²) in [7, 11) is 3.30. The Morgan fingerprint density at radius 2 is 1.67 bits per heavy atom. The molecule has 0 saturated heterocycles. The van der Waals surface area contributed by atoms with Gasteiger partial charge in [-0.1, -0.05) is 24.3 Å². The summed E-state index contributed by atoms with van der Waals surface area (Å²) in [6, 6.07) is 12.0. The average molecular weight is 285 g/mol. The highest BCUT2D eigenvalue weighted by Gasteiger charge is 2.15. The second-order valence-corrected chi connectivity index (χ2v) is 5.29. The van der Waals surface area contributed by atoms with Gasteiger partial charge in [-0.2, -0.15) is 0 Å². The first-order valence-electron chi connectivity index (χ1n) is 7.09. The quantitative estimate of drug-likeness (QED) is 0.913. The van der Waals surface area contributed by atoms with Gasteiger partial charge in [-0.3, -0.25) is 0 Å². The Morgan fingerprint density at radius 1 is 1.00 bits per heavy atom. The van der Waals surface area contributed by atoms with Gasteiger partial charge >= 0.3 is 0 Å². The van der Waals surface area contributed by atoms with Crippen molar-refractivity contribution in [3.63, 3.8) is 0 Å². The smallest absolute Gasteiger partial charge is 0.127 e. The minimum Gasteiger partial charge on any atom is -0.497 e. The van der Waals surface area contributed by atoms with Crippen LogP contribution in [0.4, 0.5) is 0 Å². The first kappa shape index (κ1) is 15.4. The highest BCUT2D eigenvalue weighted by Crippen LogP contribution is 2.31. The number of benzene rings is 2. The van der Waals surface area contributed by atoms with Crippen molar-refractivity contribution in [3.8, 4) is 11.5 Å². The first-order chi connectivity index (χ1) is 10.1. The molecule has 2 N–H and O–H groups in total. The monoisotopic (exact) mass is 285 g/mol. The molecule has 2 rings (SSSR count). The molecular formula is C18H23NO2. The van der Waals surface area contributed by atoms with Crippen LogP contribution in [0.15, 0.2) is 36.4 Å². The predicted molar refractivity (Wildman–Crippen MR) is 86.1 cm³/mol. The average Bonchev–Trinajstić information content (AvgIpc) is 2.50. The zero-order valence-electron chi connectivity index (χ0n) is 13.1. The van der Waals surface area contributed by atoms with Gasteiger partial charge in [-0.15, -0.1) is 0 Å². The molecule has 0 heterocycles. The molecule has 0 saturated carbocycles. The predicted octanol–water partition coefficient (Wildman–Crippen LogP) is 3.56. The van der Waals surface area contributed by atoms with Crippen molar-refractivity contribution in [3.05, 3.63) is 58.7 Å². The third-order valence-corrected chi connectivity index (χ3v) is 3.91. The maximum absolute atomic E-state index is 6.41. The van der Waals surface area contributed by atoms with Crippen LogP contribution >= 0.6 is 0 Å². The van der Waals surface area contributed by atoms with Gasteiger partial charge in [0.15, 0.2) is 0 Å². The largest absolute Gasteiger partial charge is 0.497 e. The number of rotatable bonds is 5. The normalized spacial score (nSPS) is 12.0. The number of ether oxygens (including phenoxy) is 2. The van der Waals surface area contributed by atoms with Crippen LogP contribution in [0.1, 0.15) is 28.3 Å². The molecule has 0 aliphatic carbocycles. The summed E-state index contributed by atoms with van der Waals surface area (Å²) in [6.07, 6.45) is 0.793. The van der Waals surface area contributed by atoms with Crippen LogP contribution in [-0.4, -0.2) is 14.2 Å². The van der Waals surface area contributed by atoms with Gasteiger partial charge < -0.3 is 15.2 Å². The van der Waals surface area contributed by atoms with Crippen LogP contribution in [0.5, 0.6) is 11.5 Å². The lowest BCUT2D eigenvalue weighted by Gasteiger charge is -2.19. The second kappa shape index (κ2) is 6.64. The van der Waals surface area contributed by atoms with Crippen molar-refractivity contribution in [2.75, 3.05) is 14.2 Å². The van der Waals surface area contributed by atoms with Crippen molar-refractivity contribution in [1.82, 2.24) is 0 Å². The number of aryl methyl sites for hydroxylation is 2. The summed E-state index contributed by atoms with van der Waals surface area (Å²) in [4.78, 5) is 0. The Labute approximate surface area is 126 Å². The minimum absolute atomic E-state index is 0.106. The molecular weight excluding hydrogens is 262 g/mol. The molecule has 0 fully saturated rings. The Morgan fingerprint density at radius 3 is 2.24 bits per heavy atom. The molecule has 112 valence electrons. The second-order valence-electron chi connectivity index (χ2n) is 5.29. The van der Waals surface area contributed by atoms with Gasteiger partial charge in [0, 0.05) is 17.7 Å². The van der Waals surface area contributed by atoms with E-state index in [0.717, 1.165) is 23.5 Å². The van der Waals surface area contributed by atoms with E-state index >= 15 is 0 Å². The Hall–Kier alpha value is -2.00. The summed E-state index contributed by atoms with van der Waals surface area (Å²) in [5.41, 5.74) is 11.3. The number of hydrogen-bond acceptors (Lipinski definition) is 3. The molecule has 3 heteroatoms. The van der Waals surface area contributed by atoms with E-state index in [-0.39, 0.29) is 6.04 Å². The molecule has 0 bridgehead atoms. The number of hydrogen-bond donors (Lipinski definition) is 1. The fourth-order valence-electron chi connectivity index (χ4n) is 2.63. The number of methoxy groups -OCH3 is 2. The maximum Gasteiger partial charge on any atom is 0.127 e. The Balaban J connectivity index is 2.30. The number of nitrogens with two attached hydrogens (primary N) is 1. The van der Waals surface area contributed by atoms with Crippen LogP contribution in [-0.2, 0) is 6.42 Å². The molecule has 0 aliphatic heterocycles. The maximum atomic E-state index is 6.41. The third-order valence-electron chi connectivity index (χ3n) is 3.91. The van der Waals surface area contributed by atoms with E-state index in [1.165, 1.54) is 16.7 Å². The molecule has 1 atom stereocenters. The Bertz CT molecular complexity index is 602. The lowest BCUT2D eigenvalue weighted by molar-refractivity contribution is 0.388. The Kier molecular flexibility index (Phi) is 4.86.